The van der Waals surface area contributed by atoms with Gasteiger partial charge in [-0.2, -0.15) is 12.2 Å². The van der Waals surface area contributed by atoms with Crippen LogP contribution in [0.15, 0.2) is 49.6 Å². The maximum absolute atomic E-state index is 3.00. The Morgan fingerprint density at radius 2 is 1.23 bits per heavy atom. The summed E-state index contributed by atoms with van der Waals surface area (Å²) in [5.41, 5.74) is 0. The van der Waals surface area contributed by atoms with Crippen LogP contribution in [0.2, 0.25) is 0 Å². The van der Waals surface area contributed by atoms with Gasteiger partial charge in [0.05, 0.1) is 0 Å². The van der Waals surface area contributed by atoms with Gasteiger partial charge in [-0.25, -0.2) is 24.3 Å². The third-order valence-corrected chi connectivity index (χ3v) is 1.17. The van der Waals surface area contributed by atoms with Gasteiger partial charge in [0.2, 0.25) is 0 Å². The van der Waals surface area contributed by atoms with Crippen LogP contribution in [-0.2, 0) is 25.8 Å². The summed E-state index contributed by atoms with van der Waals surface area (Å²) in [6.07, 6.45) is 20.0. The van der Waals surface area contributed by atoms with Crippen molar-refractivity contribution in [3.05, 3.63) is 61.8 Å². The number of rotatable bonds is 0. The molecule has 0 saturated heterocycles. The largest absolute Gasteiger partial charge is 4.00 e. The zero-order valence-corrected chi connectivity index (χ0v) is 11.4. The zero-order valence-electron chi connectivity index (χ0n) is 7.79. The summed E-state index contributed by atoms with van der Waals surface area (Å²) in [6.45, 7) is 6.00. The van der Waals surface area contributed by atoms with Gasteiger partial charge in [-0.1, -0.05) is 0 Å². The van der Waals surface area contributed by atoms with Crippen molar-refractivity contribution in [3.8, 4) is 0 Å². The molecule has 0 aromatic carbocycles. The Morgan fingerprint density at radius 3 is 1.31 bits per heavy atom. The first-order valence-corrected chi connectivity index (χ1v) is 3.93. The second-order valence-electron chi connectivity index (χ2n) is 2.01. The smallest absolute Gasteiger partial charge is 0.273 e. The second-order valence-corrected chi connectivity index (χ2v) is 2.01. The average molecular weight is 337 g/mol. The van der Waals surface area contributed by atoms with Crippen LogP contribution in [0.1, 0.15) is 12.8 Å². The molecule has 0 spiro atoms. The fraction of sp³-hybridized carbons (Fsp3) is 0.167. The van der Waals surface area contributed by atoms with Crippen LogP contribution in [0.5, 0.6) is 0 Å². The van der Waals surface area contributed by atoms with Crippen LogP contribution in [0.25, 0.3) is 0 Å². The fourth-order valence-electron chi connectivity index (χ4n) is 0.680. The maximum atomic E-state index is 3.00. The monoisotopic (exact) mass is 338 g/mol. The van der Waals surface area contributed by atoms with Crippen molar-refractivity contribution in [1.29, 1.82) is 0 Å². The molecule has 0 bridgehead atoms. The van der Waals surface area contributed by atoms with Crippen molar-refractivity contribution in [2.24, 2.45) is 0 Å². The normalized spacial score (nSPS) is 13.8. The van der Waals surface area contributed by atoms with E-state index in [9.17, 15) is 0 Å². The van der Waals surface area contributed by atoms with Gasteiger partial charge in [-0.05, 0) is 0 Å². The summed E-state index contributed by atoms with van der Waals surface area (Å²) < 4.78 is 0. The predicted octanol–water partition coefficient (Wildman–Crippen LogP) is 3.41. The van der Waals surface area contributed by atoms with E-state index in [4.69, 9.17) is 0 Å². The van der Waals surface area contributed by atoms with Gasteiger partial charge >= 0.3 is 25.8 Å². The van der Waals surface area contributed by atoms with E-state index in [2.05, 4.69) is 37.5 Å². The first kappa shape index (κ1) is 15.1. The van der Waals surface area contributed by atoms with E-state index >= 15 is 0 Å². The van der Waals surface area contributed by atoms with E-state index in [-0.39, 0.29) is 25.8 Å². The molecule has 0 saturated carbocycles. The Labute approximate surface area is 100 Å². The molecule has 1 heteroatoms. The molecule has 0 heterocycles. The zero-order chi connectivity index (χ0) is 9.07. The van der Waals surface area contributed by atoms with E-state index in [1.165, 1.54) is 0 Å². The third kappa shape index (κ3) is 11.6. The van der Waals surface area contributed by atoms with Crippen molar-refractivity contribution in [3.63, 3.8) is 0 Å². The van der Waals surface area contributed by atoms with Gasteiger partial charge in [0.1, 0.15) is 0 Å². The van der Waals surface area contributed by atoms with Crippen LogP contribution in [-0.4, -0.2) is 0 Å². The summed E-state index contributed by atoms with van der Waals surface area (Å²) >= 11 is 0. The van der Waals surface area contributed by atoms with Crippen LogP contribution in [0.3, 0.4) is 0 Å². The molecule has 13 heavy (non-hydrogen) atoms. The van der Waals surface area contributed by atoms with Crippen molar-refractivity contribution in [2.75, 3.05) is 0 Å². The van der Waals surface area contributed by atoms with Gasteiger partial charge < -0.3 is 0 Å². The molecule has 0 aromatic rings. The maximum Gasteiger partial charge on any atom is 4.00 e. The van der Waals surface area contributed by atoms with Crippen LogP contribution in [0, 0.1) is 12.2 Å². The molecule has 0 aromatic heterocycles. The fourth-order valence-corrected chi connectivity index (χ4v) is 0.680. The molecule has 0 fully saturated rings. The SMILES string of the molecule is C=C.[C-]1=CC=CC1.[C-]1=CC=CC1.[Hf+4]. The minimum Gasteiger partial charge on any atom is -0.273 e. The molecular formula is C12H14Hf+2. The molecule has 64 valence electrons. The van der Waals surface area contributed by atoms with Gasteiger partial charge in [-0.15, -0.1) is 26.0 Å². The molecule has 2 aliphatic carbocycles. The van der Waals surface area contributed by atoms with Crippen LogP contribution >= 0.6 is 0 Å². The van der Waals surface area contributed by atoms with Crippen LogP contribution in [0.4, 0.5) is 0 Å². The molecule has 0 N–H and O–H groups in total. The minimum absolute atomic E-state index is 0. The van der Waals surface area contributed by atoms with E-state index in [0.717, 1.165) is 12.8 Å². The Morgan fingerprint density at radius 1 is 0.846 bits per heavy atom. The number of allylic oxidation sites excluding steroid dienone is 8. The van der Waals surface area contributed by atoms with Gasteiger partial charge in [0.15, 0.2) is 0 Å². The first-order chi connectivity index (χ1) is 6.00. The number of hydrogen-bond acceptors (Lipinski definition) is 0. The van der Waals surface area contributed by atoms with Gasteiger partial charge in [-0.3, -0.25) is 12.2 Å². The molecule has 2 aliphatic rings. The summed E-state index contributed by atoms with van der Waals surface area (Å²) in [6, 6.07) is 0. The molecule has 0 amide bonds. The van der Waals surface area contributed by atoms with Gasteiger partial charge in [0, 0.05) is 0 Å². The predicted molar refractivity (Wildman–Crippen MR) is 54.4 cm³/mol. The molecule has 0 nitrogen and oxygen atoms in total. The number of hydrogen-bond donors (Lipinski definition) is 0. The summed E-state index contributed by atoms with van der Waals surface area (Å²) in [5, 5.41) is 0. The second kappa shape index (κ2) is 14.1. The Bertz CT molecular complexity index is 155. The summed E-state index contributed by atoms with van der Waals surface area (Å²) in [4.78, 5) is 0. The van der Waals surface area contributed by atoms with Crippen molar-refractivity contribution in [2.45, 2.75) is 12.8 Å². The van der Waals surface area contributed by atoms with Crippen molar-refractivity contribution >= 4 is 0 Å². The molecule has 0 aliphatic heterocycles. The standard InChI is InChI=1S/2C5H5.C2H4.Hf/c2*1-2-4-5-3-1;1-2;/h2*1-3H,4H2;1-2H2;/q2*-1;;+4. The van der Waals surface area contributed by atoms with Crippen molar-refractivity contribution in [1.82, 2.24) is 0 Å². The van der Waals surface area contributed by atoms with Crippen molar-refractivity contribution < 1.29 is 25.8 Å². The minimum atomic E-state index is 0. The first-order valence-electron chi connectivity index (χ1n) is 3.93. The third-order valence-electron chi connectivity index (χ3n) is 1.17. The van der Waals surface area contributed by atoms with E-state index in [1.54, 1.807) is 0 Å². The average Bonchev–Trinajstić information content (AvgIpc) is 2.87. The molecular weight excluding hydrogens is 323 g/mol. The summed E-state index contributed by atoms with van der Waals surface area (Å²) in [5.74, 6) is 0. The van der Waals surface area contributed by atoms with Crippen LogP contribution < -0.4 is 0 Å². The molecule has 0 atom stereocenters. The topological polar surface area (TPSA) is 0 Å². The Kier molecular flexibility index (Phi) is 16.4. The molecule has 0 radical (unpaired) electrons. The quantitative estimate of drug-likeness (QED) is 0.361. The Hall–Kier alpha value is -0.430. The van der Waals surface area contributed by atoms with E-state index in [0.29, 0.717) is 0 Å². The van der Waals surface area contributed by atoms with E-state index < -0.39 is 0 Å². The summed E-state index contributed by atoms with van der Waals surface area (Å²) in [7, 11) is 0. The Balaban J connectivity index is 0. The molecule has 2 rings (SSSR count). The molecule has 0 unspecified atom stereocenters. The van der Waals surface area contributed by atoms with Gasteiger partial charge in [0.25, 0.3) is 0 Å². The van der Waals surface area contributed by atoms with E-state index in [1.807, 2.05) is 24.3 Å².